The van der Waals surface area contributed by atoms with E-state index in [1.807, 2.05) is 0 Å². The molecule has 0 saturated heterocycles. The summed E-state index contributed by atoms with van der Waals surface area (Å²) in [5, 5.41) is 0. The fraction of sp³-hybridized carbons (Fsp3) is 0.0833. The van der Waals surface area contributed by atoms with Crippen molar-refractivity contribution in [2.45, 2.75) is 0 Å². The summed E-state index contributed by atoms with van der Waals surface area (Å²) >= 11 is 0. The first-order valence-electron chi connectivity index (χ1n) is 4.40. The summed E-state index contributed by atoms with van der Waals surface area (Å²) in [4.78, 5) is 10.7. The number of hydrogen-bond donors (Lipinski definition) is 0. The Bertz CT molecular complexity index is 394. The van der Waals surface area contributed by atoms with Gasteiger partial charge in [0.25, 0.3) is 0 Å². The van der Waals surface area contributed by atoms with Crippen LogP contribution < -0.4 is 0 Å². The van der Waals surface area contributed by atoms with Gasteiger partial charge in [-0.15, -0.1) is 0 Å². The topological polar surface area (TPSA) is 26.3 Å². The third-order valence-corrected chi connectivity index (χ3v) is 1.68. The van der Waals surface area contributed by atoms with Crippen molar-refractivity contribution in [2.24, 2.45) is 0 Å². The molecule has 0 bridgehead atoms. The zero-order chi connectivity index (χ0) is 11.1. The third-order valence-electron chi connectivity index (χ3n) is 1.68. The lowest BCUT2D eigenvalue weighted by Gasteiger charge is -1.91. The molecule has 0 heterocycles. The molecule has 0 spiro atoms. The van der Waals surface area contributed by atoms with Crippen molar-refractivity contribution in [3.8, 4) is 0 Å². The van der Waals surface area contributed by atoms with Crippen LogP contribution >= 0.6 is 0 Å². The second-order valence-corrected chi connectivity index (χ2v) is 2.80. The number of allylic oxidation sites excluding steroid dienone is 2. The molecule has 78 valence electrons. The predicted octanol–water partition coefficient (Wildman–Crippen LogP) is 2.57. The van der Waals surface area contributed by atoms with Gasteiger partial charge < -0.3 is 4.74 Å². The molecule has 1 aromatic carbocycles. The SMILES string of the molecule is COC(=O)/C=C\C=C\c1cccc(F)c1. The second-order valence-electron chi connectivity index (χ2n) is 2.80. The highest BCUT2D eigenvalue weighted by Crippen LogP contribution is 2.05. The molecule has 2 nitrogen and oxygen atoms in total. The van der Waals surface area contributed by atoms with Gasteiger partial charge in [0.2, 0.25) is 0 Å². The Balaban J connectivity index is 2.59. The minimum atomic E-state index is -0.418. The lowest BCUT2D eigenvalue weighted by molar-refractivity contribution is -0.134. The molecule has 0 aliphatic rings. The van der Waals surface area contributed by atoms with Crippen LogP contribution in [0.25, 0.3) is 6.08 Å². The van der Waals surface area contributed by atoms with E-state index < -0.39 is 5.97 Å². The maximum atomic E-state index is 12.7. The van der Waals surface area contributed by atoms with Crippen LogP contribution in [0.1, 0.15) is 5.56 Å². The highest BCUT2D eigenvalue weighted by molar-refractivity contribution is 5.82. The van der Waals surface area contributed by atoms with E-state index in [9.17, 15) is 9.18 Å². The molecule has 0 aromatic heterocycles. The molecular weight excluding hydrogens is 195 g/mol. The largest absolute Gasteiger partial charge is 0.466 e. The summed E-state index contributed by atoms with van der Waals surface area (Å²) in [6.45, 7) is 0. The number of benzene rings is 1. The summed E-state index contributed by atoms with van der Waals surface area (Å²) in [7, 11) is 1.31. The molecule has 0 aliphatic carbocycles. The Kier molecular flexibility index (Phi) is 4.29. The van der Waals surface area contributed by atoms with Crippen molar-refractivity contribution in [2.75, 3.05) is 7.11 Å². The minimum absolute atomic E-state index is 0.283. The van der Waals surface area contributed by atoms with Crippen molar-refractivity contribution in [3.05, 3.63) is 53.9 Å². The number of methoxy groups -OCH3 is 1. The van der Waals surface area contributed by atoms with E-state index in [2.05, 4.69) is 4.74 Å². The standard InChI is InChI=1S/C12H11FO2/c1-15-12(14)8-3-2-5-10-6-4-7-11(13)9-10/h2-9H,1H3/b5-2+,8-3-. The Hall–Kier alpha value is -1.90. The van der Waals surface area contributed by atoms with E-state index in [0.29, 0.717) is 0 Å². The van der Waals surface area contributed by atoms with Gasteiger partial charge in [0.15, 0.2) is 0 Å². The Morgan fingerprint density at radius 2 is 2.20 bits per heavy atom. The molecule has 1 aromatic rings. The van der Waals surface area contributed by atoms with E-state index in [-0.39, 0.29) is 5.82 Å². The quantitative estimate of drug-likeness (QED) is 0.431. The van der Waals surface area contributed by atoms with Crippen LogP contribution in [-0.4, -0.2) is 13.1 Å². The Morgan fingerprint density at radius 1 is 1.40 bits per heavy atom. The molecule has 1 rings (SSSR count). The number of hydrogen-bond acceptors (Lipinski definition) is 2. The fourth-order valence-corrected chi connectivity index (χ4v) is 0.979. The second kappa shape index (κ2) is 5.75. The molecule has 0 aliphatic heterocycles. The first-order chi connectivity index (χ1) is 7.22. The number of carbonyl (C=O) groups is 1. The first kappa shape index (κ1) is 11.2. The molecule has 0 amide bonds. The lowest BCUT2D eigenvalue weighted by atomic mass is 10.2. The molecular formula is C12H11FO2. The zero-order valence-electron chi connectivity index (χ0n) is 8.31. The van der Waals surface area contributed by atoms with E-state index in [1.54, 1.807) is 24.3 Å². The molecule has 0 radical (unpaired) electrons. The van der Waals surface area contributed by atoms with Crippen LogP contribution in [0.3, 0.4) is 0 Å². The summed E-state index contributed by atoms with van der Waals surface area (Å²) < 4.78 is 17.1. The van der Waals surface area contributed by atoms with Gasteiger partial charge in [0.1, 0.15) is 5.82 Å². The highest BCUT2D eigenvalue weighted by atomic mass is 19.1. The first-order valence-corrected chi connectivity index (χ1v) is 4.40. The van der Waals surface area contributed by atoms with Gasteiger partial charge in [-0.1, -0.05) is 30.4 Å². The molecule has 0 unspecified atom stereocenters. The van der Waals surface area contributed by atoms with Gasteiger partial charge in [-0.2, -0.15) is 0 Å². The third kappa shape index (κ3) is 4.22. The highest BCUT2D eigenvalue weighted by Gasteiger charge is 1.89. The summed E-state index contributed by atoms with van der Waals surface area (Å²) in [6.07, 6.45) is 6.17. The molecule has 0 N–H and O–H groups in total. The summed E-state index contributed by atoms with van der Waals surface area (Å²) in [5.74, 6) is -0.701. The molecule has 0 fully saturated rings. The monoisotopic (exact) mass is 206 g/mol. The van der Waals surface area contributed by atoms with Crippen LogP contribution in [0.4, 0.5) is 4.39 Å². The van der Waals surface area contributed by atoms with Crippen LogP contribution in [0.15, 0.2) is 42.5 Å². The molecule has 0 saturated carbocycles. The van der Waals surface area contributed by atoms with Crippen LogP contribution in [0, 0.1) is 5.82 Å². The normalized spacial score (nSPS) is 11.1. The molecule has 3 heteroatoms. The van der Waals surface area contributed by atoms with Crippen molar-refractivity contribution < 1.29 is 13.9 Å². The number of carbonyl (C=O) groups excluding carboxylic acids is 1. The van der Waals surface area contributed by atoms with Crippen LogP contribution in [-0.2, 0) is 9.53 Å². The van der Waals surface area contributed by atoms with E-state index in [0.717, 1.165) is 5.56 Å². The van der Waals surface area contributed by atoms with Crippen LogP contribution in [0.2, 0.25) is 0 Å². The minimum Gasteiger partial charge on any atom is -0.466 e. The molecule has 15 heavy (non-hydrogen) atoms. The van der Waals surface area contributed by atoms with Crippen molar-refractivity contribution in [3.63, 3.8) is 0 Å². The van der Waals surface area contributed by atoms with Crippen LogP contribution in [0.5, 0.6) is 0 Å². The maximum absolute atomic E-state index is 12.7. The van der Waals surface area contributed by atoms with Crippen molar-refractivity contribution in [1.82, 2.24) is 0 Å². The van der Waals surface area contributed by atoms with Gasteiger partial charge in [-0.3, -0.25) is 0 Å². The smallest absolute Gasteiger partial charge is 0.330 e. The number of halogens is 1. The van der Waals surface area contributed by atoms with Gasteiger partial charge in [-0.05, 0) is 17.7 Å². The Morgan fingerprint density at radius 3 is 2.87 bits per heavy atom. The number of rotatable bonds is 3. The van der Waals surface area contributed by atoms with E-state index in [1.165, 1.54) is 31.4 Å². The number of ether oxygens (including phenoxy) is 1. The van der Waals surface area contributed by atoms with Gasteiger partial charge in [-0.25, -0.2) is 9.18 Å². The fourth-order valence-electron chi connectivity index (χ4n) is 0.979. The zero-order valence-corrected chi connectivity index (χ0v) is 8.31. The maximum Gasteiger partial charge on any atom is 0.330 e. The van der Waals surface area contributed by atoms with Gasteiger partial charge in [0, 0.05) is 6.08 Å². The summed E-state index contributed by atoms with van der Waals surface area (Å²) in [6, 6.07) is 6.18. The predicted molar refractivity (Wildman–Crippen MR) is 56.6 cm³/mol. The lowest BCUT2D eigenvalue weighted by Crippen LogP contribution is -1.92. The van der Waals surface area contributed by atoms with Gasteiger partial charge >= 0.3 is 5.97 Å². The average molecular weight is 206 g/mol. The average Bonchev–Trinajstić information content (AvgIpc) is 2.24. The Labute approximate surface area is 87.7 Å². The van der Waals surface area contributed by atoms with E-state index in [4.69, 9.17) is 0 Å². The summed E-state index contributed by atoms with van der Waals surface area (Å²) in [5.41, 5.74) is 0.740. The van der Waals surface area contributed by atoms with E-state index >= 15 is 0 Å². The van der Waals surface area contributed by atoms with Crippen molar-refractivity contribution >= 4 is 12.0 Å². The number of esters is 1. The van der Waals surface area contributed by atoms with Crippen molar-refractivity contribution in [1.29, 1.82) is 0 Å². The molecule has 0 atom stereocenters. The van der Waals surface area contributed by atoms with Gasteiger partial charge in [0.05, 0.1) is 7.11 Å².